The fraction of sp³-hybridized carbons (Fsp3) is 0.0769. The molecule has 0 bridgehead atoms. The molecule has 0 aliphatic rings. The molecule has 0 aliphatic heterocycles. The van der Waals surface area contributed by atoms with Crippen LogP contribution in [0.5, 0.6) is 0 Å². The van der Waals surface area contributed by atoms with Gasteiger partial charge in [-0.25, -0.2) is 0 Å². The number of rotatable bonds is 1. The SMILES string of the molecule is Cc1nc2occ(-c3ccccc3)c2c(=O)[nH]1. The Bertz CT molecular complexity index is 726. The second-order valence-corrected chi connectivity index (χ2v) is 3.85. The largest absolute Gasteiger partial charge is 0.445 e. The van der Waals surface area contributed by atoms with Crippen LogP contribution in [-0.2, 0) is 0 Å². The molecule has 0 fully saturated rings. The lowest BCUT2D eigenvalue weighted by atomic mass is 10.1. The van der Waals surface area contributed by atoms with Crippen molar-refractivity contribution in [3.05, 3.63) is 52.8 Å². The first-order valence-corrected chi connectivity index (χ1v) is 5.29. The molecule has 1 N–H and O–H groups in total. The molecule has 4 nitrogen and oxygen atoms in total. The first-order chi connectivity index (χ1) is 8.25. The van der Waals surface area contributed by atoms with Crippen LogP contribution >= 0.6 is 0 Å². The Kier molecular flexibility index (Phi) is 2.08. The lowest BCUT2D eigenvalue weighted by Gasteiger charge is -1.97. The summed E-state index contributed by atoms with van der Waals surface area (Å²) in [6.45, 7) is 1.73. The van der Waals surface area contributed by atoms with Crippen molar-refractivity contribution < 1.29 is 4.42 Å². The van der Waals surface area contributed by atoms with Gasteiger partial charge in [0.2, 0.25) is 5.71 Å². The van der Waals surface area contributed by atoms with E-state index in [1.165, 1.54) is 0 Å². The Balaban J connectivity index is 2.37. The molecule has 0 aliphatic carbocycles. The van der Waals surface area contributed by atoms with Crippen LogP contribution in [0.3, 0.4) is 0 Å². The van der Waals surface area contributed by atoms with Crippen molar-refractivity contribution in [2.45, 2.75) is 6.92 Å². The van der Waals surface area contributed by atoms with E-state index in [9.17, 15) is 4.79 Å². The second kappa shape index (κ2) is 3.59. The van der Waals surface area contributed by atoms with E-state index in [2.05, 4.69) is 9.97 Å². The van der Waals surface area contributed by atoms with Crippen molar-refractivity contribution in [3.8, 4) is 11.1 Å². The number of aromatic nitrogens is 2. The van der Waals surface area contributed by atoms with Gasteiger partial charge in [-0.3, -0.25) is 4.79 Å². The molecular formula is C13H10N2O2. The van der Waals surface area contributed by atoms with Gasteiger partial charge in [0.25, 0.3) is 5.56 Å². The number of H-pyrrole nitrogens is 1. The van der Waals surface area contributed by atoms with Crippen LogP contribution in [0.15, 0.2) is 45.8 Å². The van der Waals surface area contributed by atoms with E-state index < -0.39 is 0 Å². The monoisotopic (exact) mass is 226 g/mol. The summed E-state index contributed by atoms with van der Waals surface area (Å²) in [6.07, 6.45) is 1.57. The Morgan fingerprint density at radius 2 is 2.00 bits per heavy atom. The third-order valence-electron chi connectivity index (χ3n) is 2.65. The highest BCUT2D eigenvalue weighted by atomic mass is 16.3. The van der Waals surface area contributed by atoms with Crippen molar-refractivity contribution in [1.82, 2.24) is 9.97 Å². The minimum absolute atomic E-state index is 0.167. The minimum atomic E-state index is -0.167. The molecule has 3 aromatic rings. The van der Waals surface area contributed by atoms with E-state index >= 15 is 0 Å². The number of furan rings is 1. The van der Waals surface area contributed by atoms with E-state index in [4.69, 9.17) is 4.42 Å². The van der Waals surface area contributed by atoms with Crippen LogP contribution in [0.4, 0.5) is 0 Å². The van der Waals surface area contributed by atoms with Crippen molar-refractivity contribution >= 4 is 11.1 Å². The van der Waals surface area contributed by atoms with Crippen LogP contribution in [0.25, 0.3) is 22.2 Å². The topological polar surface area (TPSA) is 58.9 Å². The number of aryl methyl sites for hydroxylation is 1. The van der Waals surface area contributed by atoms with Gasteiger partial charge >= 0.3 is 0 Å². The molecule has 4 heteroatoms. The number of nitrogens with zero attached hydrogens (tertiary/aromatic N) is 1. The van der Waals surface area contributed by atoms with Crippen LogP contribution in [-0.4, -0.2) is 9.97 Å². The molecule has 2 heterocycles. The summed E-state index contributed by atoms with van der Waals surface area (Å²) in [5.74, 6) is 0.552. The zero-order valence-electron chi connectivity index (χ0n) is 9.23. The molecule has 0 saturated heterocycles. The van der Waals surface area contributed by atoms with Gasteiger partial charge in [-0.2, -0.15) is 4.98 Å². The normalized spacial score (nSPS) is 10.9. The second-order valence-electron chi connectivity index (χ2n) is 3.85. The number of nitrogens with one attached hydrogen (secondary N) is 1. The summed E-state index contributed by atoms with van der Waals surface area (Å²) in [5.41, 5.74) is 1.93. The molecule has 0 unspecified atom stereocenters. The average Bonchev–Trinajstić information content (AvgIpc) is 2.74. The Morgan fingerprint density at radius 3 is 2.76 bits per heavy atom. The molecular weight excluding hydrogens is 216 g/mol. The highest BCUT2D eigenvalue weighted by Crippen LogP contribution is 2.26. The summed E-state index contributed by atoms with van der Waals surface area (Å²) >= 11 is 0. The van der Waals surface area contributed by atoms with Gasteiger partial charge in [0.1, 0.15) is 17.5 Å². The molecule has 0 saturated carbocycles. The highest BCUT2D eigenvalue weighted by Gasteiger charge is 2.12. The maximum Gasteiger partial charge on any atom is 0.262 e. The van der Waals surface area contributed by atoms with E-state index in [0.717, 1.165) is 11.1 Å². The van der Waals surface area contributed by atoms with Crippen molar-refractivity contribution in [1.29, 1.82) is 0 Å². The number of hydrogen-bond acceptors (Lipinski definition) is 3. The fourth-order valence-corrected chi connectivity index (χ4v) is 1.89. The van der Waals surface area contributed by atoms with E-state index in [1.54, 1.807) is 13.2 Å². The number of fused-ring (bicyclic) bond motifs is 1. The molecule has 0 atom stereocenters. The summed E-state index contributed by atoms with van der Waals surface area (Å²) in [7, 11) is 0. The molecule has 0 amide bonds. The van der Waals surface area contributed by atoms with Crippen LogP contribution in [0.1, 0.15) is 5.82 Å². The molecule has 84 valence electrons. The van der Waals surface area contributed by atoms with E-state index in [1.807, 2.05) is 30.3 Å². The molecule has 1 aromatic carbocycles. The average molecular weight is 226 g/mol. The molecule has 3 rings (SSSR count). The van der Waals surface area contributed by atoms with Gasteiger partial charge in [0.15, 0.2) is 0 Å². The van der Waals surface area contributed by atoms with E-state index in [-0.39, 0.29) is 5.56 Å². The van der Waals surface area contributed by atoms with Crippen molar-refractivity contribution in [2.75, 3.05) is 0 Å². The Morgan fingerprint density at radius 1 is 1.24 bits per heavy atom. The lowest BCUT2D eigenvalue weighted by molar-refractivity contribution is 0.601. The van der Waals surface area contributed by atoms with Gasteiger partial charge in [-0.1, -0.05) is 30.3 Å². The van der Waals surface area contributed by atoms with Gasteiger partial charge in [-0.05, 0) is 12.5 Å². The third-order valence-corrected chi connectivity index (χ3v) is 2.65. The maximum atomic E-state index is 11.9. The highest BCUT2D eigenvalue weighted by molar-refractivity contribution is 5.91. The minimum Gasteiger partial charge on any atom is -0.445 e. The maximum absolute atomic E-state index is 11.9. The third kappa shape index (κ3) is 1.54. The molecule has 0 spiro atoms. The van der Waals surface area contributed by atoms with Gasteiger partial charge in [-0.15, -0.1) is 0 Å². The molecule has 2 aromatic heterocycles. The smallest absolute Gasteiger partial charge is 0.262 e. The lowest BCUT2D eigenvalue weighted by Crippen LogP contribution is -2.08. The van der Waals surface area contributed by atoms with Crippen molar-refractivity contribution in [2.24, 2.45) is 0 Å². The van der Waals surface area contributed by atoms with Gasteiger partial charge in [0.05, 0.1) is 0 Å². The van der Waals surface area contributed by atoms with Crippen LogP contribution < -0.4 is 5.56 Å². The molecule has 17 heavy (non-hydrogen) atoms. The summed E-state index contributed by atoms with van der Waals surface area (Å²) in [5, 5.41) is 0.502. The van der Waals surface area contributed by atoms with Crippen LogP contribution in [0.2, 0.25) is 0 Å². The number of aromatic amines is 1. The van der Waals surface area contributed by atoms with Gasteiger partial charge in [0, 0.05) is 5.56 Å². The zero-order chi connectivity index (χ0) is 11.8. The standard InChI is InChI=1S/C13H10N2O2/c1-8-14-12(16)11-10(7-17-13(11)15-8)9-5-3-2-4-6-9/h2-7H,1H3,(H,14,15,16). The quantitative estimate of drug-likeness (QED) is 0.693. The van der Waals surface area contributed by atoms with Crippen molar-refractivity contribution in [3.63, 3.8) is 0 Å². The number of benzene rings is 1. The first-order valence-electron chi connectivity index (χ1n) is 5.29. The Hall–Kier alpha value is -2.36. The predicted molar refractivity (Wildman–Crippen MR) is 64.8 cm³/mol. The zero-order valence-corrected chi connectivity index (χ0v) is 9.23. The van der Waals surface area contributed by atoms with Crippen LogP contribution in [0, 0.1) is 6.92 Å². The van der Waals surface area contributed by atoms with Gasteiger partial charge < -0.3 is 9.40 Å². The summed E-state index contributed by atoms with van der Waals surface area (Å²) < 4.78 is 5.33. The number of hydrogen-bond donors (Lipinski definition) is 1. The van der Waals surface area contributed by atoms with E-state index in [0.29, 0.717) is 16.9 Å². The molecule has 0 radical (unpaired) electrons. The summed E-state index contributed by atoms with van der Waals surface area (Å²) in [6, 6.07) is 9.64. The summed E-state index contributed by atoms with van der Waals surface area (Å²) in [4.78, 5) is 18.7. The predicted octanol–water partition coefficient (Wildman–Crippen LogP) is 2.49. The fourth-order valence-electron chi connectivity index (χ4n) is 1.89. The first kappa shape index (κ1) is 9.84. The Labute approximate surface area is 96.9 Å².